The molecule has 6 rings (SSSR count). The number of carbonyl (C=O) groups is 1. The first-order valence-corrected chi connectivity index (χ1v) is 13.3. The lowest BCUT2D eigenvalue weighted by Gasteiger charge is -2.57. The first kappa shape index (κ1) is 24.9. The molecule has 0 radical (unpaired) electrons. The fraction of sp³-hybridized carbons (Fsp3) is 0.516. The molecule has 5 nitrogen and oxygen atoms in total. The molecule has 0 heterocycles. The minimum atomic E-state index is -0.321. The summed E-state index contributed by atoms with van der Waals surface area (Å²) in [6, 6.07) is 13.9. The Morgan fingerprint density at radius 3 is 2.22 bits per heavy atom. The SMILES string of the molecule is CCNC(=O)c1ccc(C#Cc2ccc(C34CC5CC(CC(C5)C3)C4)c(OCOC(C)OC)c2)cc1. The van der Waals surface area contributed by atoms with Crippen LogP contribution < -0.4 is 10.1 Å². The number of carbonyl (C=O) groups excluding carboxylic acids is 1. The second-order valence-corrected chi connectivity index (χ2v) is 10.8. The lowest BCUT2D eigenvalue weighted by Crippen LogP contribution is -2.48. The molecule has 0 aliphatic heterocycles. The average Bonchev–Trinajstić information content (AvgIpc) is 2.87. The summed E-state index contributed by atoms with van der Waals surface area (Å²) >= 11 is 0. The van der Waals surface area contributed by atoms with E-state index in [2.05, 4.69) is 35.4 Å². The van der Waals surface area contributed by atoms with Gasteiger partial charge in [0.1, 0.15) is 5.75 Å². The van der Waals surface area contributed by atoms with E-state index in [1.54, 1.807) is 7.11 Å². The van der Waals surface area contributed by atoms with Gasteiger partial charge in [0, 0.05) is 35.9 Å². The molecule has 0 aromatic heterocycles. The van der Waals surface area contributed by atoms with Gasteiger partial charge in [-0.3, -0.25) is 4.79 Å². The highest BCUT2D eigenvalue weighted by molar-refractivity contribution is 5.94. The maximum Gasteiger partial charge on any atom is 0.251 e. The molecule has 4 aliphatic rings. The van der Waals surface area contributed by atoms with Crippen molar-refractivity contribution < 1.29 is 19.0 Å². The second kappa shape index (κ2) is 10.7. The molecule has 0 saturated heterocycles. The smallest absolute Gasteiger partial charge is 0.251 e. The normalized spacial score (nSPS) is 26.7. The van der Waals surface area contributed by atoms with Crippen LogP contribution in [-0.4, -0.2) is 32.6 Å². The van der Waals surface area contributed by atoms with E-state index in [0.717, 1.165) is 34.6 Å². The van der Waals surface area contributed by atoms with Gasteiger partial charge in [0.15, 0.2) is 13.1 Å². The quantitative estimate of drug-likeness (QED) is 0.386. The zero-order valence-corrected chi connectivity index (χ0v) is 21.6. The van der Waals surface area contributed by atoms with Gasteiger partial charge in [-0.25, -0.2) is 0 Å². The molecule has 4 saturated carbocycles. The molecule has 5 heteroatoms. The molecule has 1 amide bonds. The van der Waals surface area contributed by atoms with Crippen LogP contribution in [0.3, 0.4) is 0 Å². The summed E-state index contributed by atoms with van der Waals surface area (Å²) in [6.07, 6.45) is 7.72. The van der Waals surface area contributed by atoms with Crippen LogP contribution in [0.2, 0.25) is 0 Å². The topological polar surface area (TPSA) is 56.8 Å². The van der Waals surface area contributed by atoms with Crippen LogP contribution in [0.15, 0.2) is 42.5 Å². The number of hydrogen-bond acceptors (Lipinski definition) is 4. The average molecular weight is 488 g/mol. The number of hydrogen-bond donors (Lipinski definition) is 1. The van der Waals surface area contributed by atoms with Crippen LogP contribution in [0.5, 0.6) is 5.75 Å². The van der Waals surface area contributed by atoms with E-state index in [1.807, 2.05) is 38.1 Å². The number of nitrogens with one attached hydrogen (secondary N) is 1. The summed E-state index contributed by atoms with van der Waals surface area (Å²) < 4.78 is 17.1. The van der Waals surface area contributed by atoms with Crippen molar-refractivity contribution in [3.8, 4) is 17.6 Å². The number of rotatable bonds is 8. The van der Waals surface area contributed by atoms with Gasteiger partial charge in [0.25, 0.3) is 5.91 Å². The Bertz CT molecular complexity index is 1110. The third kappa shape index (κ3) is 5.31. The Morgan fingerprint density at radius 2 is 1.61 bits per heavy atom. The van der Waals surface area contributed by atoms with Crippen molar-refractivity contribution in [3.63, 3.8) is 0 Å². The van der Waals surface area contributed by atoms with Crippen LogP contribution in [0.1, 0.15) is 79.4 Å². The second-order valence-electron chi connectivity index (χ2n) is 10.8. The Balaban J connectivity index is 1.39. The monoisotopic (exact) mass is 487 g/mol. The largest absolute Gasteiger partial charge is 0.467 e. The zero-order valence-electron chi connectivity index (χ0n) is 21.6. The van der Waals surface area contributed by atoms with E-state index in [1.165, 1.54) is 44.1 Å². The van der Waals surface area contributed by atoms with Gasteiger partial charge in [-0.1, -0.05) is 17.9 Å². The predicted molar refractivity (Wildman–Crippen MR) is 140 cm³/mol. The summed E-state index contributed by atoms with van der Waals surface area (Å²) in [6.45, 7) is 4.53. The molecule has 2 aromatic rings. The Hall–Kier alpha value is -2.81. The van der Waals surface area contributed by atoms with E-state index in [-0.39, 0.29) is 24.4 Å². The van der Waals surface area contributed by atoms with Gasteiger partial charge < -0.3 is 19.5 Å². The van der Waals surface area contributed by atoms with E-state index in [4.69, 9.17) is 14.2 Å². The first-order chi connectivity index (χ1) is 17.5. The maximum absolute atomic E-state index is 12.0. The number of benzene rings is 2. The lowest BCUT2D eigenvalue weighted by atomic mass is 9.48. The van der Waals surface area contributed by atoms with Crippen molar-refractivity contribution in [2.75, 3.05) is 20.4 Å². The Labute approximate surface area is 214 Å². The van der Waals surface area contributed by atoms with E-state index < -0.39 is 0 Å². The highest BCUT2D eigenvalue weighted by Gasteiger charge is 2.52. The lowest BCUT2D eigenvalue weighted by molar-refractivity contribution is -0.150. The molecule has 4 fully saturated rings. The molecule has 1 N–H and O–H groups in total. The first-order valence-electron chi connectivity index (χ1n) is 13.3. The highest BCUT2D eigenvalue weighted by atomic mass is 16.7. The summed E-state index contributed by atoms with van der Waals surface area (Å²) in [5.41, 5.74) is 3.96. The maximum atomic E-state index is 12.0. The number of ether oxygens (including phenoxy) is 3. The van der Waals surface area contributed by atoms with Crippen LogP contribution in [0, 0.1) is 29.6 Å². The van der Waals surface area contributed by atoms with Crippen LogP contribution >= 0.6 is 0 Å². The van der Waals surface area contributed by atoms with E-state index in [0.29, 0.717) is 12.1 Å². The van der Waals surface area contributed by atoms with Crippen molar-refractivity contribution in [3.05, 3.63) is 64.7 Å². The van der Waals surface area contributed by atoms with Gasteiger partial charge in [0.05, 0.1) is 0 Å². The summed E-state index contributed by atoms with van der Waals surface area (Å²) in [4.78, 5) is 12.0. The molecule has 0 spiro atoms. The highest BCUT2D eigenvalue weighted by Crippen LogP contribution is 2.61. The molecule has 36 heavy (non-hydrogen) atoms. The van der Waals surface area contributed by atoms with Gasteiger partial charge in [0.2, 0.25) is 0 Å². The van der Waals surface area contributed by atoms with E-state index >= 15 is 0 Å². The van der Waals surface area contributed by atoms with Gasteiger partial charge >= 0.3 is 0 Å². The minimum Gasteiger partial charge on any atom is -0.467 e. The molecular weight excluding hydrogens is 450 g/mol. The summed E-state index contributed by atoms with van der Waals surface area (Å²) in [7, 11) is 1.63. The predicted octanol–water partition coefficient (Wildman–Crippen LogP) is 5.65. The zero-order chi connectivity index (χ0) is 25.1. The number of methoxy groups -OCH3 is 1. The molecule has 1 unspecified atom stereocenters. The number of amides is 1. The van der Waals surface area contributed by atoms with Gasteiger partial charge in [-0.2, -0.15) is 0 Å². The minimum absolute atomic E-state index is 0.0657. The fourth-order valence-electron chi connectivity index (χ4n) is 6.97. The molecule has 1 atom stereocenters. The summed E-state index contributed by atoms with van der Waals surface area (Å²) in [5.74, 6) is 9.92. The standard InChI is InChI=1S/C31H37NO4/c1-4-32-30(33)27-10-7-22(8-11-27)5-6-23-9-12-28(29(16-23)36-20-35-21(2)34-3)31-17-24-13-25(18-31)15-26(14-24)19-31/h7-12,16,21,24-26H,4,13-15,17-20H2,1-3H3,(H,32,33). The van der Waals surface area contributed by atoms with Crippen molar-refractivity contribution in [2.45, 2.75) is 64.1 Å². The van der Waals surface area contributed by atoms with Crippen molar-refractivity contribution >= 4 is 5.91 Å². The molecule has 4 aliphatic carbocycles. The third-order valence-corrected chi connectivity index (χ3v) is 8.28. The van der Waals surface area contributed by atoms with Gasteiger partial charge in [-0.05, 0) is 112 Å². The van der Waals surface area contributed by atoms with Crippen LogP contribution in [-0.2, 0) is 14.9 Å². The van der Waals surface area contributed by atoms with Crippen molar-refractivity contribution in [1.82, 2.24) is 5.32 Å². The van der Waals surface area contributed by atoms with Crippen LogP contribution in [0.4, 0.5) is 0 Å². The molecule has 2 aromatic carbocycles. The van der Waals surface area contributed by atoms with Gasteiger partial charge in [-0.15, -0.1) is 0 Å². The summed E-state index contributed by atoms with van der Waals surface area (Å²) in [5, 5.41) is 2.82. The van der Waals surface area contributed by atoms with Crippen LogP contribution in [0.25, 0.3) is 0 Å². The molecule has 4 bridgehead atoms. The van der Waals surface area contributed by atoms with E-state index in [9.17, 15) is 4.79 Å². The third-order valence-electron chi connectivity index (χ3n) is 8.28. The Kier molecular flexibility index (Phi) is 7.37. The Morgan fingerprint density at radius 1 is 1.00 bits per heavy atom. The molecular formula is C31H37NO4. The molecule has 190 valence electrons. The fourth-order valence-corrected chi connectivity index (χ4v) is 6.97. The van der Waals surface area contributed by atoms with Crippen molar-refractivity contribution in [1.29, 1.82) is 0 Å². The van der Waals surface area contributed by atoms with Crippen molar-refractivity contribution in [2.24, 2.45) is 17.8 Å².